The molecule has 31 heavy (non-hydrogen) atoms. The summed E-state index contributed by atoms with van der Waals surface area (Å²) in [7, 11) is -0.666. The summed E-state index contributed by atoms with van der Waals surface area (Å²) in [6, 6.07) is 11.7. The number of nitrogens with one attached hydrogen (secondary N) is 1. The van der Waals surface area contributed by atoms with Crippen LogP contribution in [0.5, 0.6) is 5.75 Å². The van der Waals surface area contributed by atoms with Gasteiger partial charge in [-0.05, 0) is 67.8 Å². The molecule has 1 aliphatic rings. The van der Waals surface area contributed by atoms with Crippen molar-refractivity contribution >= 4 is 21.6 Å². The number of ether oxygens (including phenoxy) is 1. The molecule has 0 aromatic heterocycles. The molecule has 3 rings (SSSR count). The van der Waals surface area contributed by atoms with Crippen molar-refractivity contribution in [1.82, 2.24) is 5.32 Å². The molecule has 0 unspecified atom stereocenters. The van der Waals surface area contributed by atoms with E-state index in [1.807, 2.05) is 6.92 Å². The molecule has 2 aromatic rings. The first kappa shape index (κ1) is 23.1. The van der Waals surface area contributed by atoms with E-state index in [9.17, 15) is 13.2 Å². The quantitative estimate of drug-likeness (QED) is 0.702. The van der Waals surface area contributed by atoms with E-state index in [2.05, 4.69) is 5.32 Å². The second-order valence-corrected chi connectivity index (χ2v) is 10.1. The van der Waals surface area contributed by atoms with Crippen molar-refractivity contribution in [3.8, 4) is 5.75 Å². The molecule has 1 N–H and O–H groups in total. The summed E-state index contributed by atoms with van der Waals surface area (Å²) in [4.78, 5) is 13.0. The highest BCUT2D eigenvalue weighted by molar-refractivity contribution is 7.92. The van der Waals surface area contributed by atoms with Gasteiger partial charge in [0.15, 0.2) is 0 Å². The fourth-order valence-electron chi connectivity index (χ4n) is 4.05. The molecule has 6 nitrogen and oxygen atoms in total. The number of hydrogen-bond acceptors (Lipinski definition) is 4. The smallest absolute Gasteiger partial charge is 0.264 e. The summed E-state index contributed by atoms with van der Waals surface area (Å²) in [6.07, 6.45) is 8.09. The van der Waals surface area contributed by atoms with E-state index < -0.39 is 10.0 Å². The first-order valence-electron chi connectivity index (χ1n) is 10.9. The normalized spacial score (nSPS) is 15.6. The van der Waals surface area contributed by atoms with Gasteiger partial charge < -0.3 is 10.1 Å². The Bertz CT molecular complexity index is 995. The van der Waals surface area contributed by atoms with Gasteiger partial charge >= 0.3 is 0 Å². The van der Waals surface area contributed by atoms with Crippen molar-refractivity contribution in [1.29, 1.82) is 0 Å². The zero-order valence-corrected chi connectivity index (χ0v) is 19.4. The zero-order valence-electron chi connectivity index (χ0n) is 18.6. The lowest BCUT2D eigenvalue weighted by molar-refractivity contribution is 0.0930. The van der Waals surface area contributed by atoms with Crippen molar-refractivity contribution in [2.75, 3.05) is 18.5 Å². The lowest BCUT2D eigenvalue weighted by atomic mass is 9.96. The van der Waals surface area contributed by atoms with Crippen LogP contribution in [0.25, 0.3) is 0 Å². The fourth-order valence-corrected chi connectivity index (χ4v) is 5.31. The van der Waals surface area contributed by atoms with Crippen LogP contribution in [0.15, 0.2) is 47.4 Å². The van der Waals surface area contributed by atoms with E-state index in [0.717, 1.165) is 31.2 Å². The Morgan fingerprint density at radius 1 is 1.00 bits per heavy atom. The number of hydrogen-bond donors (Lipinski definition) is 1. The summed E-state index contributed by atoms with van der Waals surface area (Å²) >= 11 is 0. The molecule has 1 amide bonds. The number of methoxy groups -OCH3 is 1. The van der Waals surface area contributed by atoms with Gasteiger partial charge in [0, 0.05) is 18.7 Å². The number of nitrogens with zero attached hydrogens (tertiary/aromatic N) is 1. The molecule has 0 aliphatic heterocycles. The average Bonchev–Trinajstić information content (AvgIpc) is 2.75. The summed E-state index contributed by atoms with van der Waals surface area (Å²) < 4.78 is 32.4. The van der Waals surface area contributed by atoms with Crippen LogP contribution in [0.2, 0.25) is 0 Å². The highest BCUT2D eigenvalue weighted by Gasteiger charge is 2.23. The van der Waals surface area contributed by atoms with Crippen molar-refractivity contribution < 1.29 is 17.9 Å². The number of carbonyl (C=O) groups is 1. The molecular weight excluding hydrogens is 412 g/mol. The molecule has 0 bridgehead atoms. The van der Waals surface area contributed by atoms with Gasteiger partial charge in [-0.15, -0.1) is 0 Å². The molecule has 0 atom stereocenters. The number of anilines is 1. The van der Waals surface area contributed by atoms with Gasteiger partial charge in [0.05, 0.1) is 17.7 Å². The van der Waals surface area contributed by atoms with Crippen LogP contribution < -0.4 is 14.4 Å². The van der Waals surface area contributed by atoms with Crippen LogP contribution >= 0.6 is 0 Å². The van der Waals surface area contributed by atoms with Gasteiger partial charge in [0.1, 0.15) is 5.75 Å². The molecule has 1 saturated carbocycles. The second kappa shape index (κ2) is 10.2. The number of benzene rings is 2. The number of aryl methyl sites for hydroxylation is 1. The monoisotopic (exact) mass is 444 g/mol. The lowest BCUT2D eigenvalue weighted by Crippen LogP contribution is -2.35. The largest absolute Gasteiger partial charge is 0.497 e. The molecule has 0 radical (unpaired) electrons. The average molecular weight is 445 g/mol. The number of carbonyl (C=O) groups excluding carboxylic acids is 1. The van der Waals surface area contributed by atoms with Crippen LogP contribution in [0.4, 0.5) is 5.69 Å². The van der Waals surface area contributed by atoms with E-state index in [1.54, 1.807) is 30.3 Å². The summed E-state index contributed by atoms with van der Waals surface area (Å²) in [6.45, 7) is 1.82. The van der Waals surface area contributed by atoms with E-state index in [1.165, 1.54) is 49.9 Å². The topological polar surface area (TPSA) is 75.7 Å². The van der Waals surface area contributed by atoms with Crippen LogP contribution in [0.1, 0.15) is 60.9 Å². The maximum Gasteiger partial charge on any atom is 0.264 e. The highest BCUT2D eigenvalue weighted by Crippen LogP contribution is 2.27. The second-order valence-electron chi connectivity index (χ2n) is 8.16. The highest BCUT2D eigenvalue weighted by atomic mass is 32.2. The first-order chi connectivity index (χ1) is 14.8. The van der Waals surface area contributed by atoms with Gasteiger partial charge in [-0.3, -0.25) is 9.10 Å². The third kappa shape index (κ3) is 5.58. The predicted octanol–water partition coefficient (Wildman–Crippen LogP) is 4.67. The Hall–Kier alpha value is -2.54. The maximum absolute atomic E-state index is 13.0. The molecule has 0 heterocycles. The van der Waals surface area contributed by atoms with E-state index in [4.69, 9.17) is 4.74 Å². The molecule has 2 aromatic carbocycles. The number of amides is 1. The summed E-state index contributed by atoms with van der Waals surface area (Å²) in [5.74, 6) is 0.498. The molecule has 0 spiro atoms. The Kier molecular flexibility index (Phi) is 7.59. The zero-order chi connectivity index (χ0) is 22.4. The van der Waals surface area contributed by atoms with Crippen LogP contribution in [-0.4, -0.2) is 34.5 Å². The molecular formula is C24H32N2O4S. The summed E-state index contributed by atoms with van der Waals surface area (Å²) in [5.41, 5.74) is 1.82. The number of sulfonamides is 1. The van der Waals surface area contributed by atoms with E-state index >= 15 is 0 Å². The Morgan fingerprint density at radius 3 is 2.19 bits per heavy atom. The third-order valence-corrected chi connectivity index (χ3v) is 7.74. The van der Waals surface area contributed by atoms with Gasteiger partial charge in [0.2, 0.25) is 0 Å². The van der Waals surface area contributed by atoms with Crippen molar-refractivity contribution in [3.63, 3.8) is 0 Å². The minimum Gasteiger partial charge on any atom is -0.497 e. The number of rotatable bonds is 6. The van der Waals surface area contributed by atoms with Crippen molar-refractivity contribution in [2.24, 2.45) is 0 Å². The van der Waals surface area contributed by atoms with Crippen molar-refractivity contribution in [2.45, 2.75) is 62.8 Å². The minimum absolute atomic E-state index is 0.0964. The third-order valence-electron chi connectivity index (χ3n) is 5.96. The molecule has 1 fully saturated rings. The first-order valence-corrected chi connectivity index (χ1v) is 12.3. The van der Waals surface area contributed by atoms with Crippen molar-refractivity contribution in [3.05, 3.63) is 53.6 Å². The Morgan fingerprint density at radius 2 is 1.61 bits per heavy atom. The SMILES string of the molecule is COc1ccc(S(=O)(=O)N(C)c2ccc(C(=O)NC3CCCCCCC3)cc2C)cc1. The van der Waals surface area contributed by atoms with Gasteiger partial charge in [-0.2, -0.15) is 0 Å². The standard InChI is InChI=1S/C24H32N2O4S/c1-18-17-19(24(27)25-20-9-7-5-4-6-8-10-20)11-16-23(18)26(2)31(28,29)22-14-12-21(30-3)13-15-22/h11-17,20H,4-10H2,1-3H3,(H,25,27). The van der Waals surface area contributed by atoms with Gasteiger partial charge in [-0.1, -0.05) is 32.1 Å². The lowest BCUT2D eigenvalue weighted by Gasteiger charge is -2.23. The van der Waals surface area contributed by atoms with Gasteiger partial charge in [-0.25, -0.2) is 8.42 Å². The Balaban J connectivity index is 1.75. The minimum atomic E-state index is -3.73. The fraction of sp³-hybridized carbons (Fsp3) is 0.458. The predicted molar refractivity (Wildman–Crippen MR) is 123 cm³/mol. The van der Waals surface area contributed by atoms with Crippen LogP contribution in [0.3, 0.4) is 0 Å². The van der Waals surface area contributed by atoms with Gasteiger partial charge in [0.25, 0.3) is 15.9 Å². The molecule has 168 valence electrons. The molecule has 1 aliphatic carbocycles. The van der Waals surface area contributed by atoms with Crippen LogP contribution in [-0.2, 0) is 10.0 Å². The molecule has 0 saturated heterocycles. The van der Waals surface area contributed by atoms with E-state index in [0.29, 0.717) is 17.0 Å². The van der Waals surface area contributed by atoms with Crippen LogP contribution in [0, 0.1) is 6.92 Å². The maximum atomic E-state index is 13.0. The summed E-state index contributed by atoms with van der Waals surface area (Å²) in [5, 5.41) is 3.16. The Labute approximate surface area is 185 Å². The van der Waals surface area contributed by atoms with E-state index in [-0.39, 0.29) is 16.8 Å². The molecule has 7 heteroatoms.